The molecule has 0 saturated carbocycles. The number of benzene rings is 1. The first-order chi connectivity index (χ1) is 13.9. The van der Waals surface area contributed by atoms with Crippen LogP contribution in [-0.4, -0.2) is 52.5 Å². The van der Waals surface area contributed by atoms with Gasteiger partial charge in [-0.3, -0.25) is 4.79 Å². The minimum absolute atomic E-state index is 0. The number of rotatable bonds is 4. The van der Waals surface area contributed by atoms with Gasteiger partial charge in [-0.2, -0.15) is 0 Å². The van der Waals surface area contributed by atoms with E-state index >= 15 is 0 Å². The fraction of sp³-hybridized carbons (Fsp3) is 0.476. The molecular weight excluding hydrogens is 477 g/mol. The minimum atomic E-state index is -0.547. The average molecular weight is 505 g/mol. The van der Waals surface area contributed by atoms with Crippen molar-refractivity contribution < 1.29 is 4.79 Å². The number of nitrogens with zero attached hydrogens (tertiary/aromatic N) is 4. The highest BCUT2D eigenvalue weighted by Crippen LogP contribution is 2.44. The number of nitrogens with two attached hydrogens (primary N) is 1. The summed E-state index contributed by atoms with van der Waals surface area (Å²) >= 11 is 7.83. The van der Waals surface area contributed by atoms with Crippen LogP contribution in [0.15, 0.2) is 30.6 Å². The minimum Gasteiger partial charge on any atom is -0.350 e. The maximum Gasteiger partial charge on any atom is 0.239 e. The number of amides is 1. The highest BCUT2D eigenvalue weighted by molar-refractivity contribution is 7.99. The van der Waals surface area contributed by atoms with Crippen LogP contribution >= 0.6 is 48.2 Å². The van der Waals surface area contributed by atoms with Crippen molar-refractivity contribution in [2.45, 2.75) is 43.4 Å². The summed E-state index contributed by atoms with van der Waals surface area (Å²) in [6.45, 7) is 6.40. The van der Waals surface area contributed by atoms with Crippen molar-refractivity contribution in [1.29, 1.82) is 0 Å². The molecule has 170 valence electrons. The molecule has 2 aliphatic heterocycles. The fourth-order valence-corrected chi connectivity index (χ4v) is 5.31. The van der Waals surface area contributed by atoms with E-state index in [1.54, 1.807) is 6.33 Å². The normalized spacial score (nSPS) is 21.0. The average Bonchev–Trinajstić information content (AvgIpc) is 3.10. The van der Waals surface area contributed by atoms with Crippen molar-refractivity contribution >= 4 is 59.9 Å². The third-order valence-corrected chi connectivity index (χ3v) is 7.15. The highest BCUT2D eigenvalue weighted by atomic mass is 35.5. The van der Waals surface area contributed by atoms with Gasteiger partial charge in [0.25, 0.3) is 0 Å². The van der Waals surface area contributed by atoms with E-state index in [1.807, 2.05) is 40.9 Å². The first-order valence-electron chi connectivity index (χ1n) is 9.95. The third kappa shape index (κ3) is 5.57. The number of carbonyl (C=O) groups is 1. The van der Waals surface area contributed by atoms with E-state index in [-0.39, 0.29) is 36.8 Å². The van der Waals surface area contributed by atoms with Crippen LogP contribution in [0.1, 0.15) is 35.9 Å². The van der Waals surface area contributed by atoms with Gasteiger partial charge in [-0.1, -0.05) is 23.7 Å². The molecule has 2 N–H and O–H groups in total. The molecule has 0 radical (unpaired) electrons. The van der Waals surface area contributed by atoms with E-state index in [0.717, 1.165) is 29.4 Å². The Labute approximate surface area is 205 Å². The van der Waals surface area contributed by atoms with E-state index in [0.29, 0.717) is 29.8 Å². The molecule has 0 aliphatic carbocycles. The number of hydrogen-bond acceptors (Lipinski definition) is 6. The van der Waals surface area contributed by atoms with Crippen molar-refractivity contribution in [3.63, 3.8) is 0 Å². The standard InChI is InChI=1S/C21H26ClN5OS.2ClH/c1-13-10-26(21(28)17(23)9-15-3-5-16(22)6-4-15)7-8-27(13)20-19-14(2)29-11-18(19)24-12-25-20;;/h3-6,12-14,17H,7-11,23H2,1-2H3;2*1H/t13-,14-,17+;;/m0../s1. The van der Waals surface area contributed by atoms with Crippen LogP contribution in [0.2, 0.25) is 5.02 Å². The fourth-order valence-electron chi connectivity index (χ4n) is 4.14. The summed E-state index contributed by atoms with van der Waals surface area (Å²) in [4.78, 5) is 26.2. The molecule has 0 spiro atoms. The van der Waals surface area contributed by atoms with Gasteiger partial charge in [0, 0.05) is 47.3 Å². The second-order valence-corrected chi connectivity index (χ2v) is 9.54. The Kier molecular flexibility index (Phi) is 9.27. The van der Waals surface area contributed by atoms with Gasteiger partial charge in [0.15, 0.2) is 0 Å². The van der Waals surface area contributed by atoms with E-state index in [1.165, 1.54) is 5.56 Å². The molecule has 1 fully saturated rings. The lowest BCUT2D eigenvalue weighted by atomic mass is 10.0. The maximum absolute atomic E-state index is 12.9. The number of anilines is 1. The Morgan fingerprint density at radius 2 is 1.94 bits per heavy atom. The maximum atomic E-state index is 12.9. The zero-order valence-corrected chi connectivity index (χ0v) is 20.7. The molecule has 4 rings (SSSR count). The Morgan fingerprint density at radius 3 is 2.61 bits per heavy atom. The smallest absolute Gasteiger partial charge is 0.239 e. The summed E-state index contributed by atoms with van der Waals surface area (Å²) in [6.07, 6.45) is 2.18. The molecule has 0 bridgehead atoms. The molecule has 2 aliphatic rings. The molecule has 0 unspecified atom stereocenters. The second kappa shape index (κ2) is 11.1. The van der Waals surface area contributed by atoms with Crippen molar-refractivity contribution in [2.75, 3.05) is 24.5 Å². The van der Waals surface area contributed by atoms with E-state index < -0.39 is 6.04 Å². The van der Waals surface area contributed by atoms with Crippen LogP contribution in [0.5, 0.6) is 0 Å². The topological polar surface area (TPSA) is 75.4 Å². The Balaban J connectivity index is 0.00000171. The number of fused-ring (bicyclic) bond motifs is 1. The summed E-state index contributed by atoms with van der Waals surface area (Å²) in [5.74, 6) is 1.97. The lowest BCUT2D eigenvalue weighted by molar-refractivity contribution is -0.133. The van der Waals surface area contributed by atoms with Gasteiger partial charge in [-0.25, -0.2) is 9.97 Å². The zero-order valence-electron chi connectivity index (χ0n) is 17.5. The number of halogens is 3. The first kappa shape index (κ1) is 26.0. The number of carbonyl (C=O) groups excluding carboxylic acids is 1. The molecule has 3 atom stereocenters. The summed E-state index contributed by atoms with van der Waals surface area (Å²) in [6, 6.07) is 7.13. The van der Waals surface area contributed by atoms with Gasteiger partial charge in [0.05, 0.1) is 11.7 Å². The summed E-state index contributed by atoms with van der Waals surface area (Å²) < 4.78 is 0. The van der Waals surface area contributed by atoms with E-state index in [4.69, 9.17) is 17.3 Å². The molecule has 2 aromatic rings. The van der Waals surface area contributed by atoms with Gasteiger partial charge in [-0.15, -0.1) is 36.6 Å². The van der Waals surface area contributed by atoms with Gasteiger partial charge < -0.3 is 15.5 Å². The van der Waals surface area contributed by atoms with Crippen LogP contribution in [0.4, 0.5) is 5.82 Å². The summed E-state index contributed by atoms with van der Waals surface area (Å²) in [7, 11) is 0. The van der Waals surface area contributed by atoms with Crippen LogP contribution in [0.3, 0.4) is 0 Å². The van der Waals surface area contributed by atoms with Crippen LogP contribution in [0.25, 0.3) is 0 Å². The van der Waals surface area contributed by atoms with Gasteiger partial charge in [0.1, 0.15) is 12.1 Å². The van der Waals surface area contributed by atoms with E-state index in [9.17, 15) is 4.79 Å². The van der Waals surface area contributed by atoms with Crippen molar-refractivity contribution in [1.82, 2.24) is 14.9 Å². The highest BCUT2D eigenvalue weighted by Gasteiger charge is 2.34. The molecule has 1 aromatic carbocycles. The quantitative estimate of drug-likeness (QED) is 0.681. The van der Waals surface area contributed by atoms with Crippen molar-refractivity contribution in [3.05, 3.63) is 52.4 Å². The van der Waals surface area contributed by atoms with Crippen LogP contribution < -0.4 is 10.6 Å². The van der Waals surface area contributed by atoms with Crippen molar-refractivity contribution in [2.24, 2.45) is 5.73 Å². The predicted octanol–water partition coefficient (Wildman–Crippen LogP) is 3.89. The molecule has 1 aromatic heterocycles. The second-order valence-electron chi connectivity index (χ2n) is 7.77. The number of hydrogen-bond donors (Lipinski definition) is 1. The molecular formula is C21H28Cl3N5OS. The Hall–Kier alpha value is -1.25. The molecule has 1 saturated heterocycles. The number of piperazine rings is 1. The molecule has 6 nitrogen and oxygen atoms in total. The summed E-state index contributed by atoms with van der Waals surface area (Å²) in [5.41, 5.74) is 9.65. The lowest BCUT2D eigenvalue weighted by Gasteiger charge is -2.42. The van der Waals surface area contributed by atoms with Crippen LogP contribution in [0, 0.1) is 0 Å². The van der Waals surface area contributed by atoms with Gasteiger partial charge in [-0.05, 0) is 38.0 Å². The SMILES string of the molecule is C[C@@H]1SCc2ncnc(N3CCN(C(=O)[C@H](N)Cc4ccc(Cl)cc4)C[C@@H]3C)c21.Cl.Cl. The molecule has 3 heterocycles. The monoisotopic (exact) mass is 503 g/mol. The number of aromatic nitrogens is 2. The largest absolute Gasteiger partial charge is 0.350 e. The Bertz CT molecular complexity index is 901. The zero-order chi connectivity index (χ0) is 20.5. The summed E-state index contributed by atoms with van der Waals surface area (Å²) in [5, 5.41) is 1.09. The predicted molar refractivity (Wildman–Crippen MR) is 133 cm³/mol. The first-order valence-corrected chi connectivity index (χ1v) is 11.4. The molecule has 10 heteroatoms. The lowest BCUT2D eigenvalue weighted by Crippen LogP contribution is -2.57. The van der Waals surface area contributed by atoms with E-state index in [2.05, 4.69) is 28.7 Å². The molecule has 31 heavy (non-hydrogen) atoms. The third-order valence-electron chi connectivity index (χ3n) is 5.72. The Morgan fingerprint density at radius 1 is 1.23 bits per heavy atom. The molecule has 1 amide bonds. The van der Waals surface area contributed by atoms with Gasteiger partial charge in [0.2, 0.25) is 5.91 Å². The van der Waals surface area contributed by atoms with Gasteiger partial charge >= 0.3 is 0 Å². The van der Waals surface area contributed by atoms with Crippen LogP contribution in [-0.2, 0) is 17.0 Å². The van der Waals surface area contributed by atoms with Crippen molar-refractivity contribution in [3.8, 4) is 0 Å². The number of thioether (sulfide) groups is 1.